The van der Waals surface area contributed by atoms with E-state index in [-0.39, 0.29) is 35.3 Å². The Labute approximate surface area is 182 Å². The largest absolute Gasteiger partial charge is 0.385 e. The molecule has 7 heteroatoms. The van der Waals surface area contributed by atoms with E-state index in [1.807, 2.05) is 14.1 Å². The van der Waals surface area contributed by atoms with Crippen molar-refractivity contribution < 1.29 is 9.53 Å². The van der Waals surface area contributed by atoms with Crippen LogP contribution < -0.4 is 10.6 Å². The van der Waals surface area contributed by atoms with E-state index >= 15 is 0 Å². The zero-order valence-corrected chi connectivity index (χ0v) is 19.9. The molecule has 0 spiro atoms. The van der Waals surface area contributed by atoms with E-state index in [4.69, 9.17) is 4.74 Å². The first-order chi connectivity index (χ1) is 12.5. The van der Waals surface area contributed by atoms with Crippen LogP contribution in [-0.2, 0) is 9.53 Å². The number of methoxy groups -OCH3 is 1. The second-order valence-electron chi connectivity index (χ2n) is 8.42. The van der Waals surface area contributed by atoms with Crippen molar-refractivity contribution in [2.24, 2.45) is 15.8 Å². The van der Waals surface area contributed by atoms with Crippen LogP contribution in [0.5, 0.6) is 0 Å². The number of halogens is 1. The van der Waals surface area contributed by atoms with Gasteiger partial charge in [0.15, 0.2) is 5.96 Å². The highest BCUT2D eigenvalue weighted by atomic mass is 127. The molecule has 2 aliphatic rings. The molecule has 2 N–H and O–H groups in total. The Morgan fingerprint density at radius 3 is 2.11 bits per heavy atom. The number of carbonyl (C=O) groups excluding carboxylic acids is 1. The highest BCUT2D eigenvalue weighted by molar-refractivity contribution is 14.0. The summed E-state index contributed by atoms with van der Waals surface area (Å²) in [5.41, 5.74) is 0.0420. The van der Waals surface area contributed by atoms with Crippen molar-refractivity contribution in [3.05, 3.63) is 0 Å². The molecular formula is C20H39IN4O2. The van der Waals surface area contributed by atoms with Gasteiger partial charge in [-0.25, -0.2) is 0 Å². The highest BCUT2D eigenvalue weighted by Crippen LogP contribution is 2.41. The molecule has 6 nitrogen and oxygen atoms in total. The fourth-order valence-electron chi connectivity index (χ4n) is 4.70. The molecule has 158 valence electrons. The number of rotatable bonds is 8. The molecule has 27 heavy (non-hydrogen) atoms. The van der Waals surface area contributed by atoms with Crippen molar-refractivity contribution in [2.75, 3.05) is 47.9 Å². The summed E-state index contributed by atoms with van der Waals surface area (Å²) in [5, 5.41) is 6.97. The minimum atomic E-state index is -0.276. The summed E-state index contributed by atoms with van der Waals surface area (Å²) in [5.74, 6) is 1.05. The molecule has 1 amide bonds. The van der Waals surface area contributed by atoms with Crippen LogP contribution in [-0.4, -0.2) is 64.7 Å². The van der Waals surface area contributed by atoms with Gasteiger partial charge >= 0.3 is 0 Å². The Kier molecular flexibility index (Phi) is 10.4. The van der Waals surface area contributed by atoms with E-state index in [2.05, 4.69) is 15.6 Å². The molecule has 0 radical (unpaired) electrons. The normalized spacial score (nSPS) is 20.8. The van der Waals surface area contributed by atoms with Crippen LogP contribution in [0.25, 0.3) is 0 Å². The molecule has 0 aromatic rings. The Hall–Kier alpha value is -0.570. The summed E-state index contributed by atoms with van der Waals surface area (Å²) >= 11 is 0. The standard InChI is InChI=1S/C20H38N4O2.HI/c1-21-18(22-15-19(13-14-26-4)9-5-6-10-19)23-16-20(11-7-8-12-20)17(25)24(2)3;/h5-16H2,1-4H3,(H2,21,22,23);1H. The topological polar surface area (TPSA) is 66.0 Å². The van der Waals surface area contributed by atoms with Crippen LogP contribution in [0, 0.1) is 10.8 Å². The van der Waals surface area contributed by atoms with E-state index in [0.29, 0.717) is 12.0 Å². The predicted molar refractivity (Wildman–Crippen MR) is 122 cm³/mol. The van der Waals surface area contributed by atoms with Gasteiger partial charge < -0.3 is 20.3 Å². The summed E-state index contributed by atoms with van der Waals surface area (Å²) in [4.78, 5) is 18.8. The van der Waals surface area contributed by atoms with Crippen LogP contribution in [0.2, 0.25) is 0 Å². The molecule has 0 unspecified atom stereocenters. The third kappa shape index (κ3) is 6.48. The second-order valence-corrected chi connectivity index (χ2v) is 8.42. The number of carbonyl (C=O) groups is 1. The highest BCUT2D eigenvalue weighted by Gasteiger charge is 2.42. The van der Waals surface area contributed by atoms with Crippen LogP contribution in [0.15, 0.2) is 4.99 Å². The van der Waals surface area contributed by atoms with Crippen molar-refractivity contribution in [2.45, 2.75) is 57.8 Å². The molecule has 0 heterocycles. The second kappa shape index (κ2) is 11.4. The minimum Gasteiger partial charge on any atom is -0.385 e. The predicted octanol–water partition coefficient (Wildman–Crippen LogP) is 3.01. The van der Waals surface area contributed by atoms with E-state index < -0.39 is 0 Å². The zero-order chi connectivity index (χ0) is 19.0. The van der Waals surface area contributed by atoms with E-state index in [1.54, 1.807) is 19.1 Å². The van der Waals surface area contributed by atoms with Crippen LogP contribution in [0.3, 0.4) is 0 Å². The number of aliphatic imine (C=N–C) groups is 1. The summed E-state index contributed by atoms with van der Waals surface area (Å²) in [6.45, 7) is 2.40. The van der Waals surface area contributed by atoms with Gasteiger partial charge in [-0.05, 0) is 37.5 Å². The lowest BCUT2D eigenvalue weighted by Gasteiger charge is -2.33. The van der Waals surface area contributed by atoms with Gasteiger partial charge in [0.1, 0.15) is 0 Å². The molecule has 0 aromatic heterocycles. The Balaban J connectivity index is 0.00000364. The van der Waals surface area contributed by atoms with Gasteiger partial charge in [-0.15, -0.1) is 24.0 Å². The van der Waals surface area contributed by atoms with Crippen molar-refractivity contribution >= 4 is 35.8 Å². The summed E-state index contributed by atoms with van der Waals surface area (Å²) < 4.78 is 5.32. The number of hydrogen-bond acceptors (Lipinski definition) is 3. The average molecular weight is 494 g/mol. The van der Waals surface area contributed by atoms with Gasteiger partial charge in [-0.3, -0.25) is 9.79 Å². The molecule has 0 aliphatic heterocycles. The first-order valence-electron chi connectivity index (χ1n) is 10.1. The lowest BCUT2D eigenvalue weighted by molar-refractivity contribution is -0.138. The quantitative estimate of drug-likeness (QED) is 0.310. The molecule has 2 fully saturated rings. The summed E-state index contributed by atoms with van der Waals surface area (Å²) in [6, 6.07) is 0. The maximum Gasteiger partial charge on any atom is 0.230 e. The fraction of sp³-hybridized carbons (Fsp3) is 0.900. The Morgan fingerprint density at radius 2 is 1.59 bits per heavy atom. The van der Waals surface area contributed by atoms with Gasteiger partial charge in [-0.1, -0.05) is 25.7 Å². The average Bonchev–Trinajstić information content (AvgIpc) is 3.30. The summed E-state index contributed by atoms with van der Waals surface area (Å²) in [6.07, 6.45) is 10.4. The van der Waals surface area contributed by atoms with Gasteiger partial charge in [0.05, 0.1) is 5.41 Å². The number of nitrogens with one attached hydrogen (secondary N) is 2. The van der Waals surface area contributed by atoms with Crippen molar-refractivity contribution in [3.8, 4) is 0 Å². The number of guanidine groups is 1. The number of amides is 1. The Bertz CT molecular complexity index is 484. The lowest BCUT2D eigenvalue weighted by Crippen LogP contribution is -2.50. The van der Waals surface area contributed by atoms with E-state index in [0.717, 1.165) is 51.2 Å². The third-order valence-corrected chi connectivity index (χ3v) is 6.37. The molecular weight excluding hydrogens is 455 g/mol. The fourth-order valence-corrected chi connectivity index (χ4v) is 4.70. The monoisotopic (exact) mass is 494 g/mol. The Morgan fingerprint density at radius 1 is 1.04 bits per heavy atom. The minimum absolute atomic E-state index is 0. The smallest absolute Gasteiger partial charge is 0.230 e. The van der Waals surface area contributed by atoms with E-state index in [9.17, 15) is 4.79 Å². The first-order valence-corrected chi connectivity index (χ1v) is 10.1. The third-order valence-electron chi connectivity index (χ3n) is 6.37. The van der Waals surface area contributed by atoms with Gasteiger partial charge in [0, 0.05) is 47.9 Å². The van der Waals surface area contributed by atoms with Crippen LogP contribution in [0.1, 0.15) is 57.8 Å². The SMILES string of the molecule is CN=C(NCC1(CCOC)CCCC1)NCC1(C(=O)N(C)C)CCCC1.I. The maximum absolute atomic E-state index is 12.7. The molecule has 0 saturated heterocycles. The zero-order valence-electron chi connectivity index (χ0n) is 17.6. The summed E-state index contributed by atoms with van der Waals surface area (Å²) in [7, 11) is 7.30. The first kappa shape index (κ1) is 24.5. The van der Waals surface area contributed by atoms with Gasteiger partial charge in [0.25, 0.3) is 0 Å². The maximum atomic E-state index is 12.7. The van der Waals surface area contributed by atoms with E-state index in [1.165, 1.54) is 25.7 Å². The molecule has 2 saturated carbocycles. The lowest BCUT2D eigenvalue weighted by atomic mass is 9.83. The molecule has 0 atom stereocenters. The van der Waals surface area contributed by atoms with Crippen molar-refractivity contribution in [3.63, 3.8) is 0 Å². The van der Waals surface area contributed by atoms with Crippen LogP contribution >= 0.6 is 24.0 Å². The van der Waals surface area contributed by atoms with Gasteiger partial charge in [-0.2, -0.15) is 0 Å². The molecule has 0 aromatic carbocycles. The molecule has 0 bridgehead atoms. The molecule has 2 aliphatic carbocycles. The van der Waals surface area contributed by atoms with Crippen LogP contribution in [0.4, 0.5) is 0 Å². The molecule has 2 rings (SSSR count). The van der Waals surface area contributed by atoms with Gasteiger partial charge in [0.2, 0.25) is 5.91 Å². The van der Waals surface area contributed by atoms with Crippen molar-refractivity contribution in [1.82, 2.24) is 15.5 Å². The number of ether oxygens (including phenoxy) is 1. The van der Waals surface area contributed by atoms with Crippen molar-refractivity contribution in [1.29, 1.82) is 0 Å². The number of hydrogen-bond donors (Lipinski definition) is 2. The number of nitrogens with zero attached hydrogens (tertiary/aromatic N) is 2.